The second-order valence-electron chi connectivity index (χ2n) is 6.17. The fourth-order valence-corrected chi connectivity index (χ4v) is 3.82. The normalized spacial score (nSPS) is 11.0. The minimum atomic E-state index is -1.09. The number of carboxylic acid groups (broad SMARTS) is 1. The van der Waals surface area contributed by atoms with Crippen molar-refractivity contribution in [2.45, 2.75) is 23.3 Å². The third kappa shape index (κ3) is 3.52. The molecule has 0 saturated heterocycles. The first-order valence-corrected chi connectivity index (χ1v) is 9.22. The van der Waals surface area contributed by atoms with Crippen LogP contribution in [-0.2, 0) is 11.3 Å². The molecular formula is C19H15N5O3S. The number of rotatable bonds is 5. The number of H-pyrrole nitrogens is 1. The highest BCUT2D eigenvalue weighted by atomic mass is 32.2. The lowest BCUT2D eigenvalue weighted by Crippen LogP contribution is -2.17. The summed E-state index contributed by atoms with van der Waals surface area (Å²) in [6.07, 6.45) is 0. The van der Waals surface area contributed by atoms with E-state index in [1.54, 1.807) is 6.07 Å². The molecule has 0 amide bonds. The molecule has 0 fully saturated rings. The van der Waals surface area contributed by atoms with Crippen molar-refractivity contribution in [3.63, 3.8) is 0 Å². The zero-order chi connectivity index (χ0) is 19.7. The van der Waals surface area contributed by atoms with E-state index in [9.17, 15) is 9.59 Å². The van der Waals surface area contributed by atoms with E-state index in [0.29, 0.717) is 5.69 Å². The highest BCUT2D eigenvalue weighted by Crippen LogP contribution is 2.32. The molecule has 2 aromatic carbocycles. The van der Waals surface area contributed by atoms with Gasteiger partial charge in [0.15, 0.2) is 5.82 Å². The fraction of sp³-hybridized carbons (Fsp3) is 0.105. The smallest absolute Gasteiger partial charge is 0.325 e. The number of aromatic nitrogens is 5. The number of pyridine rings is 1. The van der Waals surface area contributed by atoms with Gasteiger partial charge in [-0.3, -0.25) is 9.59 Å². The van der Waals surface area contributed by atoms with Gasteiger partial charge in [-0.1, -0.05) is 42.1 Å². The van der Waals surface area contributed by atoms with Gasteiger partial charge in [0, 0.05) is 15.5 Å². The monoisotopic (exact) mass is 393 g/mol. The van der Waals surface area contributed by atoms with Crippen molar-refractivity contribution in [1.82, 2.24) is 25.2 Å². The summed E-state index contributed by atoms with van der Waals surface area (Å²) in [5, 5.41) is 22.3. The maximum absolute atomic E-state index is 12.4. The molecule has 28 heavy (non-hydrogen) atoms. The van der Waals surface area contributed by atoms with Crippen LogP contribution in [-0.4, -0.2) is 36.3 Å². The Bertz CT molecular complexity index is 1250. The molecule has 0 atom stereocenters. The van der Waals surface area contributed by atoms with Crippen molar-refractivity contribution in [3.8, 4) is 11.4 Å². The molecule has 2 N–H and O–H groups in total. The van der Waals surface area contributed by atoms with E-state index >= 15 is 0 Å². The van der Waals surface area contributed by atoms with Gasteiger partial charge in [0.05, 0.1) is 5.56 Å². The second kappa shape index (κ2) is 7.28. The number of aromatic amines is 1. The van der Waals surface area contributed by atoms with E-state index < -0.39 is 12.5 Å². The molecule has 0 unspecified atom stereocenters. The molecule has 0 bridgehead atoms. The number of benzene rings is 2. The van der Waals surface area contributed by atoms with Gasteiger partial charge in [0.1, 0.15) is 6.54 Å². The Morgan fingerprint density at radius 3 is 2.75 bits per heavy atom. The van der Waals surface area contributed by atoms with Crippen LogP contribution in [0.5, 0.6) is 0 Å². The summed E-state index contributed by atoms with van der Waals surface area (Å²) >= 11 is 1.50. The summed E-state index contributed by atoms with van der Waals surface area (Å²) in [5.41, 5.74) is 0.561. The predicted octanol–water partition coefficient (Wildman–Crippen LogP) is 2.73. The third-order valence-electron chi connectivity index (χ3n) is 4.20. The summed E-state index contributed by atoms with van der Waals surface area (Å²) in [6.45, 7) is 1.39. The number of fused-ring (bicyclic) bond motifs is 1. The van der Waals surface area contributed by atoms with E-state index in [0.717, 1.165) is 25.2 Å². The molecule has 4 aromatic rings. The Morgan fingerprint density at radius 1 is 1.18 bits per heavy atom. The average Bonchev–Trinajstić information content (AvgIpc) is 3.11. The lowest BCUT2D eigenvalue weighted by molar-refractivity contribution is -0.137. The minimum absolute atomic E-state index is 0.115. The Hall–Kier alpha value is -3.46. The quantitative estimate of drug-likeness (QED) is 0.536. The number of carbonyl (C=O) groups is 1. The first-order valence-electron chi connectivity index (χ1n) is 8.40. The van der Waals surface area contributed by atoms with Gasteiger partial charge in [-0.2, -0.15) is 0 Å². The third-order valence-corrected chi connectivity index (χ3v) is 5.33. The molecule has 0 radical (unpaired) electrons. The van der Waals surface area contributed by atoms with E-state index in [1.165, 1.54) is 11.8 Å². The summed E-state index contributed by atoms with van der Waals surface area (Å²) < 4.78 is 1.09. The fourth-order valence-electron chi connectivity index (χ4n) is 2.87. The topological polar surface area (TPSA) is 114 Å². The lowest BCUT2D eigenvalue weighted by Gasteiger charge is -2.09. The summed E-state index contributed by atoms with van der Waals surface area (Å²) in [4.78, 5) is 28.1. The molecule has 2 aromatic heterocycles. The number of hydrogen-bond acceptors (Lipinski definition) is 6. The largest absolute Gasteiger partial charge is 0.480 e. The van der Waals surface area contributed by atoms with Crippen molar-refractivity contribution >= 4 is 28.5 Å². The van der Waals surface area contributed by atoms with Crippen LogP contribution in [0.15, 0.2) is 63.1 Å². The number of hydrogen-bond donors (Lipinski definition) is 2. The SMILES string of the molecule is Cc1[nH]c(=O)c(-c2nnnn2CC(=O)O)cc1Sc1ccc2ccccc2c1. The van der Waals surface area contributed by atoms with Crippen LogP contribution in [0.25, 0.3) is 22.2 Å². The van der Waals surface area contributed by atoms with Crippen LogP contribution in [0, 0.1) is 6.92 Å². The molecular weight excluding hydrogens is 378 g/mol. The number of aryl methyl sites for hydroxylation is 1. The number of aliphatic carboxylic acids is 1. The molecule has 9 heteroatoms. The first-order chi connectivity index (χ1) is 13.5. The molecule has 0 aliphatic rings. The Balaban J connectivity index is 1.74. The van der Waals surface area contributed by atoms with Crippen molar-refractivity contribution < 1.29 is 9.90 Å². The molecule has 4 rings (SSSR count). The zero-order valence-corrected chi connectivity index (χ0v) is 15.6. The predicted molar refractivity (Wildman–Crippen MR) is 104 cm³/mol. The van der Waals surface area contributed by atoms with Gasteiger partial charge in [-0.15, -0.1) is 5.10 Å². The van der Waals surface area contributed by atoms with Crippen LogP contribution < -0.4 is 5.56 Å². The zero-order valence-electron chi connectivity index (χ0n) is 14.8. The van der Waals surface area contributed by atoms with Crippen LogP contribution in [0.2, 0.25) is 0 Å². The van der Waals surface area contributed by atoms with Gasteiger partial charge in [0.25, 0.3) is 5.56 Å². The molecule has 0 aliphatic heterocycles. The highest BCUT2D eigenvalue weighted by molar-refractivity contribution is 7.99. The van der Waals surface area contributed by atoms with Gasteiger partial charge >= 0.3 is 5.97 Å². The molecule has 0 spiro atoms. The van der Waals surface area contributed by atoms with Crippen LogP contribution in [0.4, 0.5) is 0 Å². The molecule has 2 heterocycles. The van der Waals surface area contributed by atoms with Gasteiger partial charge in [-0.05, 0) is 46.3 Å². The van der Waals surface area contributed by atoms with Crippen molar-refractivity contribution in [3.05, 3.63) is 64.6 Å². The first kappa shape index (κ1) is 17.9. The van der Waals surface area contributed by atoms with Crippen LogP contribution in [0.3, 0.4) is 0 Å². The molecule has 8 nitrogen and oxygen atoms in total. The van der Waals surface area contributed by atoms with E-state index in [1.807, 2.05) is 37.3 Å². The van der Waals surface area contributed by atoms with Crippen LogP contribution in [0.1, 0.15) is 5.69 Å². The summed E-state index contributed by atoms with van der Waals surface area (Å²) in [6, 6.07) is 15.9. The van der Waals surface area contributed by atoms with E-state index in [4.69, 9.17) is 5.11 Å². The summed E-state index contributed by atoms with van der Waals surface area (Å²) in [7, 11) is 0. The Kier molecular flexibility index (Phi) is 4.66. The van der Waals surface area contributed by atoms with Crippen LogP contribution >= 0.6 is 11.8 Å². The van der Waals surface area contributed by atoms with Gasteiger partial charge < -0.3 is 10.1 Å². The number of nitrogens with zero attached hydrogens (tertiary/aromatic N) is 4. The van der Waals surface area contributed by atoms with Crippen molar-refractivity contribution in [1.29, 1.82) is 0 Å². The maximum Gasteiger partial charge on any atom is 0.325 e. The second-order valence-corrected chi connectivity index (χ2v) is 7.28. The number of nitrogens with one attached hydrogen (secondary N) is 1. The van der Waals surface area contributed by atoms with Crippen molar-refractivity contribution in [2.24, 2.45) is 0 Å². The Labute approximate surface area is 163 Å². The number of tetrazole rings is 1. The van der Waals surface area contributed by atoms with Gasteiger partial charge in [0.2, 0.25) is 0 Å². The molecule has 140 valence electrons. The number of carboxylic acids is 1. The average molecular weight is 393 g/mol. The van der Waals surface area contributed by atoms with Gasteiger partial charge in [-0.25, -0.2) is 4.68 Å². The molecule has 0 saturated carbocycles. The molecule has 0 aliphatic carbocycles. The lowest BCUT2D eigenvalue weighted by atomic mass is 10.1. The maximum atomic E-state index is 12.4. The van der Waals surface area contributed by atoms with E-state index in [-0.39, 0.29) is 16.9 Å². The standard InChI is InChI=1S/C19H15N5O3S/c1-11-16(28-14-7-6-12-4-2-3-5-13(12)8-14)9-15(19(27)20-11)18-21-22-23-24(18)10-17(25)26/h2-9H,10H2,1H3,(H,20,27)(H,25,26). The highest BCUT2D eigenvalue weighted by Gasteiger charge is 2.17. The minimum Gasteiger partial charge on any atom is -0.480 e. The Morgan fingerprint density at radius 2 is 1.96 bits per heavy atom. The van der Waals surface area contributed by atoms with Crippen molar-refractivity contribution in [2.75, 3.05) is 0 Å². The summed E-state index contributed by atoms with van der Waals surface area (Å²) in [5.74, 6) is -0.980. The van der Waals surface area contributed by atoms with E-state index in [2.05, 4.69) is 32.6 Å².